The molecule has 0 bridgehead atoms. The van der Waals surface area contributed by atoms with Crippen molar-refractivity contribution in [3.05, 3.63) is 65.2 Å². The topological polar surface area (TPSA) is 74.6 Å². The smallest absolute Gasteiger partial charge is 0.267 e. The lowest BCUT2D eigenvalue weighted by Crippen LogP contribution is -2.36. The van der Waals surface area contributed by atoms with Gasteiger partial charge in [0.2, 0.25) is 0 Å². The Morgan fingerprint density at radius 3 is 2.71 bits per heavy atom. The molecule has 148 valence electrons. The number of hydrogen-bond donors (Lipinski definition) is 2. The zero-order chi connectivity index (χ0) is 19.8. The number of nitrogens with one attached hydrogen (secondary N) is 2. The number of nitrogens with zero attached hydrogens (tertiary/aromatic N) is 1. The molecule has 6 heteroatoms. The Morgan fingerprint density at radius 2 is 2.00 bits per heavy atom. The summed E-state index contributed by atoms with van der Waals surface area (Å²) in [5, 5.41) is 5.62. The van der Waals surface area contributed by atoms with E-state index < -0.39 is 0 Å². The van der Waals surface area contributed by atoms with Crippen LogP contribution < -0.4 is 10.6 Å². The van der Waals surface area contributed by atoms with Gasteiger partial charge in [-0.2, -0.15) is 0 Å². The number of aryl methyl sites for hydroxylation is 1. The van der Waals surface area contributed by atoms with Crippen LogP contribution in [0.15, 0.2) is 52.8 Å². The molecule has 0 atom stereocenters. The fourth-order valence-electron chi connectivity index (χ4n) is 3.26. The number of amides is 2. The van der Waals surface area contributed by atoms with Gasteiger partial charge in [-0.1, -0.05) is 17.7 Å². The van der Waals surface area contributed by atoms with Gasteiger partial charge in [0.05, 0.1) is 6.26 Å². The molecular formula is C22H27N3O3. The monoisotopic (exact) mass is 381 g/mol. The predicted molar refractivity (Wildman–Crippen MR) is 109 cm³/mol. The van der Waals surface area contributed by atoms with Crippen molar-refractivity contribution in [3.63, 3.8) is 0 Å². The Bertz CT molecular complexity index is 821. The highest BCUT2D eigenvalue weighted by atomic mass is 16.3. The van der Waals surface area contributed by atoms with Crippen molar-refractivity contribution in [1.29, 1.82) is 0 Å². The number of hydrogen-bond acceptors (Lipinski definition) is 4. The third-order valence-electron chi connectivity index (χ3n) is 4.74. The van der Waals surface area contributed by atoms with Gasteiger partial charge < -0.3 is 20.0 Å². The lowest BCUT2D eigenvalue weighted by atomic mass is 10.1. The van der Waals surface area contributed by atoms with E-state index in [4.69, 9.17) is 4.42 Å². The molecule has 1 aliphatic heterocycles. The van der Waals surface area contributed by atoms with Crippen LogP contribution in [0.3, 0.4) is 0 Å². The van der Waals surface area contributed by atoms with Crippen LogP contribution in [0, 0.1) is 6.92 Å². The summed E-state index contributed by atoms with van der Waals surface area (Å²) >= 11 is 0. The first-order chi connectivity index (χ1) is 13.6. The maximum absolute atomic E-state index is 12.6. The molecule has 0 spiro atoms. The summed E-state index contributed by atoms with van der Waals surface area (Å²) in [5.41, 5.74) is 1.66. The quantitative estimate of drug-likeness (QED) is 0.545. The van der Waals surface area contributed by atoms with E-state index in [-0.39, 0.29) is 17.5 Å². The van der Waals surface area contributed by atoms with Gasteiger partial charge in [-0.3, -0.25) is 9.59 Å². The number of carbonyl (C=O) groups excluding carboxylic acids is 2. The van der Waals surface area contributed by atoms with Gasteiger partial charge in [0, 0.05) is 18.2 Å². The minimum Gasteiger partial charge on any atom is -0.465 e. The minimum atomic E-state index is -0.325. The number of benzene rings is 1. The van der Waals surface area contributed by atoms with Gasteiger partial charge in [-0.15, -0.1) is 0 Å². The number of furan rings is 1. The molecule has 0 saturated carbocycles. The summed E-state index contributed by atoms with van der Waals surface area (Å²) < 4.78 is 5.30. The maximum Gasteiger partial charge on any atom is 0.267 e. The molecule has 1 saturated heterocycles. The molecule has 2 aromatic rings. The average Bonchev–Trinajstić information content (AvgIpc) is 3.38. The van der Waals surface area contributed by atoms with E-state index in [0.717, 1.165) is 31.6 Å². The second kappa shape index (κ2) is 9.90. The Kier molecular flexibility index (Phi) is 7.03. The summed E-state index contributed by atoms with van der Waals surface area (Å²) in [5.74, 6) is -0.140. The molecule has 6 nitrogen and oxygen atoms in total. The molecule has 0 radical (unpaired) electrons. The van der Waals surface area contributed by atoms with Crippen molar-refractivity contribution in [2.75, 3.05) is 26.2 Å². The molecule has 2 N–H and O–H groups in total. The number of rotatable bonds is 8. The van der Waals surface area contributed by atoms with Crippen molar-refractivity contribution < 1.29 is 14.0 Å². The fourth-order valence-corrected chi connectivity index (χ4v) is 3.26. The first-order valence-corrected chi connectivity index (χ1v) is 9.75. The minimum absolute atomic E-state index is 0.169. The maximum atomic E-state index is 12.6. The molecule has 0 unspecified atom stereocenters. The molecule has 2 amide bonds. The van der Waals surface area contributed by atoms with Crippen LogP contribution in [0.25, 0.3) is 6.08 Å². The van der Waals surface area contributed by atoms with Crippen LogP contribution in [-0.2, 0) is 4.79 Å². The first kappa shape index (κ1) is 19.9. The van der Waals surface area contributed by atoms with E-state index in [1.54, 1.807) is 30.3 Å². The lowest BCUT2D eigenvalue weighted by Gasteiger charge is -2.15. The highest BCUT2D eigenvalue weighted by molar-refractivity contribution is 6.05. The molecular weight excluding hydrogens is 354 g/mol. The zero-order valence-corrected chi connectivity index (χ0v) is 16.2. The Balaban J connectivity index is 1.61. The van der Waals surface area contributed by atoms with Crippen molar-refractivity contribution in [2.45, 2.75) is 26.2 Å². The van der Waals surface area contributed by atoms with Crippen molar-refractivity contribution >= 4 is 17.9 Å². The van der Waals surface area contributed by atoms with E-state index in [1.165, 1.54) is 19.1 Å². The molecule has 1 fully saturated rings. The largest absolute Gasteiger partial charge is 0.465 e. The molecule has 1 aromatic heterocycles. The van der Waals surface area contributed by atoms with Crippen LogP contribution >= 0.6 is 0 Å². The van der Waals surface area contributed by atoms with Crippen LogP contribution in [0.2, 0.25) is 0 Å². The lowest BCUT2D eigenvalue weighted by molar-refractivity contribution is -0.117. The summed E-state index contributed by atoms with van der Waals surface area (Å²) in [4.78, 5) is 27.6. The second-order valence-corrected chi connectivity index (χ2v) is 7.06. The third kappa shape index (κ3) is 5.82. The molecule has 3 rings (SSSR count). The van der Waals surface area contributed by atoms with Gasteiger partial charge in [0.15, 0.2) is 0 Å². The van der Waals surface area contributed by atoms with Gasteiger partial charge in [-0.25, -0.2) is 0 Å². The van der Waals surface area contributed by atoms with E-state index in [2.05, 4.69) is 15.5 Å². The van der Waals surface area contributed by atoms with Gasteiger partial charge in [-0.05, 0) is 70.1 Å². The van der Waals surface area contributed by atoms with E-state index >= 15 is 0 Å². The standard InChI is InChI=1S/C22H27N3O3/c1-17-7-4-8-18(15-17)21(26)24-20(16-19-9-5-14-28-19)22(27)23-10-6-13-25-11-2-3-12-25/h4-5,7-9,14-16H,2-3,6,10-13H2,1H3,(H,23,27)(H,24,26)/b20-16-. The number of likely N-dealkylation sites (tertiary alicyclic amines) is 1. The van der Waals surface area contributed by atoms with Crippen LogP contribution in [-0.4, -0.2) is 42.9 Å². The van der Waals surface area contributed by atoms with Crippen LogP contribution in [0.4, 0.5) is 0 Å². The molecule has 0 aliphatic carbocycles. The molecule has 1 aliphatic rings. The Hall–Kier alpha value is -2.86. The second-order valence-electron chi connectivity index (χ2n) is 7.06. The first-order valence-electron chi connectivity index (χ1n) is 9.75. The van der Waals surface area contributed by atoms with Crippen LogP contribution in [0.5, 0.6) is 0 Å². The number of carbonyl (C=O) groups is 2. The van der Waals surface area contributed by atoms with E-state index in [0.29, 0.717) is 17.9 Å². The van der Waals surface area contributed by atoms with Crippen LogP contribution in [0.1, 0.15) is 40.9 Å². The zero-order valence-electron chi connectivity index (χ0n) is 16.2. The van der Waals surface area contributed by atoms with Crippen molar-refractivity contribution in [2.24, 2.45) is 0 Å². The highest BCUT2D eigenvalue weighted by Gasteiger charge is 2.16. The predicted octanol–water partition coefficient (Wildman–Crippen LogP) is 2.96. The summed E-state index contributed by atoms with van der Waals surface area (Å²) in [6.07, 6.45) is 6.47. The third-order valence-corrected chi connectivity index (χ3v) is 4.74. The van der Waals surface area contributed by atoms with Gasteiger partial charge >= 0.3 is 0 Å². The molecule has 2 heterocycles. The average molecular weight is 381 g/mol. The van der Waals surface area contributed by atoms with Crippen molar-refractivity contribution in [3.8, 4) is 0 Å². The molecule has 28 heavy (non-hydrogen) atoms. The van der Waals surface area contributed by atoms with Gasteiger partial charge in [0.1, 0.15) is 11.5 Å². The summed E-state index contributed by atoms with van der Waals surface area (Å²) in [7, 11) is 0. The van der Waals surface area contributed by atoms with E-state index in [9.17, 15) is 9.59 Å². The fraction of sp³-hybridized carbons (Fsp3) is 0.364. The Labute approximate surface area is 165 Å². The summed E-state index contributed by atoms with van der Waals surface area (Å²) in [6, 6.07) is 10.7. The van der Waals surface area contributed by atoms with Gasteiger partial charge in [0.25, 0.3) is 11.8 Å². The normalized spacial score (nSPS) is 14.8. The highest BCUT2D eigenvalue weighted by Crippen LogP contribution is 2.10. The van der Waals surface area contributed by atoms with E-state index in [1.807, 2.05) is 19.1 Å². The summed E-state index contributed by atoms with van der Waals surface area (Å²) in [6.45, 7) is 5.75. The SMILES string of the molecule is Cc1cccc(C(=O)N/C(=C\c2ccco2)C(=O)NCCCN2CCCC2)c1. The Morgan fingerprint density at radius 1 is 1.18 bits per heavy atom. The molecule has 1 aromatic carbocycles. The van der Waals surface area contributed by atoms with Crippen molar-refractivity contribution in [1.82, 2.24) is 15.5 Å².